The van der Waals surface area contributed by atoms with Gasteiger partial charge in [0, 0.05) is 16.6 Å². The molecule has 0 amide bonds. The number of pyridine rings is 1. The minimum atomic E-state index is 0.0672. The van der Waals surface area contributed by atoms with E-state index in [1.165, 1.54) is 18.4 Å². The predicted molar refractivity (Wildman–Crippen MR) is 56.3 cm³/mol. The van der Waals surface area contributed by atoms with E-state index in [-0.39, 0.29) is 5.56 Å². The van der Waals surface area contributed by atoms with Crippen molar-refractivity contribution in [2.45, 2.75) is 31.0 Å². The van der Waals surface area contributed by atoms with Gasteiger partial charge in [-0.2, -0.15) is 0 Å². The zero-order valence-corrected chi connectivity index (χ0v) is 8.99. The molecule has 1 aromatic rings. The van der Waals surface area contributed by atoms with E-state index in [9.17, 15) is 4.79 Å². The monoisotopic (exact) mass is 241 g/mol. The Balaban J connectivity index is 2.51. The molecule has 1 aromatic heterocycles. The van der Waals surface area contributed by atoms with Gasteiger partial charge >= 0.3 is 0 Å². The Bertz CT molecular complexity index is 370. The second-order valence-corrected chi connectivity index (χ2v) is 4.03. The van der Waals surface area contributed by atoms with Gasteiger partial charge in [0.2, 0.25) is 0 Å². The van der Waals surface area contributed by atoms with Gasteiger partial charge in [0.15, 0.2) is 0 Å². The third-order valence-corrected chi connectivity index (χ3v) is 3.16. The molecule has 1 N–H and O–H groups in total. The maximum Gasteiger partial charge on any atom is 0.252 e. The quantitative estimate of drug-likeness (QED) is 0.752. The molecule has 0 saturated heterocycles. The summed E-state index contributed by atoms with van der Waals surface area (Å²) in [5.41, 5.74) is 3.40. The van der Waals surface area contributed by atoms with Crippen molar-refractivity contribution in [2.75, 3.05) is 0 Å². The number of rotatable bonds is 1. The minimum Gasteiger partial charge on any atom is -0.326 e. The number of fused-ring (bicyclic) bond motifs is 1. The number of H-pyrrole nitrogens is 1. The summed E-state index contributed by atoms with van der Waals surface area (Å²) in [5.74, 6) is 0. The SMILES string of the molecule is O=c1[nH]c2c(cc1CBr)CCCC2. The summed E-state index contributed by atoms with van der Waals surface area (Å²) < 4.78 is 0. The van der Waals surface area contributed by atoms with Crippen molar-refractivity contribution in [3.8, 4) is 0 Å². The molecule has 0 radical (unpaired) electrons. The Morgan fingerprint density at radius 3 is 2.92 bits per heavy atom. The maximum absolute atomic E-state index is 11.4. The molecule has 13 heavy (non-hydrogen) atoms. The number of aromatic nitrogens is 1. The number of alkyl halides is 1. The second kappa shape index (κ2) is 3.66. The van der Waals surface area contributed by atoms with E-state index >= 15 is 0 Å². The molecule has 0 aromatic carbocycles. The van der Waals surface area contributed by atoms with Gasteiger partial charge in [-0.1, -0.05) is 15.9 Å². The maximum atomic E-state index is 11.4. The van der Waals surface area contributed by atoms with E-state index in [4.69, 9.17) is 0 Å². The average Bonchev–Trinajstić information content (AvgIpc) is 2.17. The summed E-state index contributed by atoms with van der Waals surface area (Å²) in [7, 11) is 0. The van der Waals surface area contributed by atoms with Gasteiger partial charge in [-0.3, -0.25) is 4.79 Å². The Labute approximate surface area is 85.5 Å². The van der Waals surface area contributed by atoms with E-state index in [2.05, 4.69) is 20.9 Å². The fourth-order valence-corrected chi connectivity index (χ4v) is 2.24. The van der Waals surface area contributed by atoms with Crippen LogP contribution in [0.3, 0.4) is 0 Å². The van der Waals surface area contributed by atoms with Crippen molar-refractivity contribution in [3.63, 3.8) is 0 Å². The Morgan fingerprint density at radius 1 is 1.38 bits per heavy atom. The molecule has 1 heterocycles. The first-order chi connectivity index (χ1) is 6.31. The lowest BCUT2D eigenvalue weighted by molar-refractivity contribution is 0.663. The standard InChI is InChI=1S/C10H12BrNO/c11-6-8-5-7-3-1-2-4-9(7)12-10(8)13/h5H,1-4,6H2,(H,12,13). The lowest BCUT2D eigenvalue weighted by atomic mass is 9.95. The van der Waals surface area contributed by atoms with E-state index in [1.54, 1.807) is 0 Å². The summed E-state index contributed by atoms with van der Waals surface area (Å²) >= 11 is 3.32. The molecule has 0 spiro atoms. The summed E-state index contributed by atoms with van der Waals surface area (Å²) in [5, 5.41) is 0.648. The van der Waals surface area contributed by atoms with Crippen LogP contribution in [0.25, 0.3) is 0 Å². The molecule has 0 bridgehead atoms. The first-order valence-corrected chi connectivity index (χ1v) is 5.73. The van der Waals surface area contributed by atoms with Gasteiger partial charge in [0.05, 0.1) is 0 Å². The fraction of sp³-hybridized carbons (Fsp3) is 0.500. The minimum absolute atomic E-state index is 0.0672. The first-order valence-electron chi connectivity index (χ1n) is 4.61. The van der Waals surface area contributed by atoms with Gasteiger partial charge in [0.1, 0.15) is 0 Å². The average molecular weight is 242 g/mol. The number of aromatic amines is 1. The van der Waals surface area contributed by atoms with Crippen molar-refractivity contribution < 1.29 is 0 Å². The van der Waals surface area contributed by atoms with Crippen molar-refractivity contribution in [3.05, 3.63) is 33.2 Å². The topological polar surface area (TPSA) is 32.9 Å². The van der Waals surface area contributed by atoms with Crippen LogP contribution in [0.1, 0.15) is 29.7 Å². The number of hydrogen-bond donors (Lipinski definition) is 1. The van der Waals surface area contributed by atoms with E-state index in [0.29, 0.717) is 5.33 Å². The van der Waals surface area contributed by atoms with Gasteiger partial charge in [-0.15, -0.1) is 0 Å². The van der Waals surface area contributed by atoms with Crippen LogP contribution in [0.4, 0.5) is 0 Å². The van der Waals surface area contributed by atoms with Crippen molar-refractivity contribution >= 4 is 15.9 Å². The molecule has 0 unspecified atom stereocenters. The molecule has 0 atom stereocenters. The Kier molecular flexibility index (Phi) is 2.54. The highest BCUT2D eigenvalue weighted by Gasteiger charge is 2.11. The van der Waals surface area contributed by atoms with Gasteiger partial charge < -0.3 is 4.98 Å². The molecule has 0 saturated carbocycles. The summed E-state index contributed by atoms with van der Waals surface area (Å²) in [6.45, 7) is 0. The third kappa shape index (κ3) is 1.70. The summed E-state index contributed by atoms with van der Waals surface area (Å²) in [4.78, 5) is 14.4. The number of aryl methyl sites for hydroxylation is 2. The van der Waals surface area contributed by atoms with Crippen LogP contribution in [-0.4, -0.2) is 4.98 Å². The zero-order valence-electron chi connectivity index (χ0n) is 7.40. The highest BCUT2D eigenvalue weighted by molar-refractivity contribution is 9.08. The lowest BCUT2D eigenvalue weighted by Crippen LogP contribution is -2.18. The molecule has 0 aliphatic heterocycles. The largest absolute Gasteiger partial charge is 0.326 e. The molecular weight excluding hydrogens is 230 g/mol. The first kappa shape index (κ1) is 9.00. The highest BCUT2D eigenvalue weighted by Crippen LogP contribution is 2.18. The van der Waals surface area contributed by atoms with Crippen LogP contribution in [0.15, 0.2) is 10.9 Å². The van der Waals surface area contributed by atoms with Gasteiger partial charge in [-0.05, 0) is 37.3 Å². The van der Waals surface area contributed by atoms with E-state index < -0.39 is 0 Å². The Hall–Kier alpha value is -0.570. The second-order valence-electron chi connectivity index (χ2n) is 3.47. The molecule has 70 valence electrons. The molecule has 3 heteroatoms. The van der Waals surface area contributed by atoms with Crippen LogP contribution in [0.2, 0.25) is 0 Å². The summed E-state index contributed by atoms with van der Waals surface area (Å²) in [6, 6.07) is 2.04. The molecule has 1 aliphatic rings. The van der Waals surface area contributed by atoms with Crippen LogP contribution in [0.5, 0.6) is 0 Å². The van der Waals surface area contributed by atoms with Crippen molar-refractivity contribution in [2.24, 2.45) is 0 Å². The zero-order chi connectivity index (χ0) is 9.26. The Morgan fingerprint density at radius 2 is 2.15 bits per heavy atom. The third-order valence-electron chi connectivity index (χ3n) is 2.56. The smallest absolute Gasteiger partial charge is 0.252 e. The lowest BCUT2D eigenvalue weighted by Gasteiger charge is -2.15. The van der Waals surface area contributed by atoms with Gasteiger partial charge in [-0.25, -0.2) is 0 Å². The van der Waals surface area contributed by atoms with E-state index in [0.717, 1.165) is 24.1 Å². The van der Waals surface area contributed by atoms with Gasteiger partial charge in [0.25, 0.3) is 5.56 Å². The predicted octanol–water partition coefficient (Wildman–Crippen LogP) is 2.15. The molecule has 2 nitrogen and oxygen atoms in total. The highest BCUT2D eigenvalue weighted by atomic mass is 79.9. The molecular formula is C10H12BrNO. The number of hydrogen-bond acceptors (Lipinski definition) is 1. The summed E-state index contributed by atoms with van der Waals surface area (Å²) in [6.07, 6.45) is 4.61. The molecule has 0 fully saturated rings. The molecule has 1 aliphatic carbocycles. The van der Waals surface area contributed by atoms with Crippen LogP contribution >= 0.6 is 15.9 Å². The fourth-order valence-electron chi connectivity index (χ4n) is 1.82. The van der Waals surface area contributed by atoms with E-state index in [1.807, 2.05) is 6.07 Å². The van der Waals surface area contributed by atoms with Crippen molar-refractivity contribution in [1.29, 1.82) is 0 Å². The number of nitrogens with one attached hydrogen (secondary N) is 1. The normalized spacial score (nSPS) is 15.5. The van der Waals surface area contributed by atoms with Crippen LogP contribution in [0, 0.1) is 0 Å². The van der Waals surface area contributed by atoms with Crippen LogP contribution < -0.4 is 5.56 Å². The number of halogens is 1. The van der Waals surface area contributed by atoms with Crippen molar-refractivity contribution in [1.82, 2.24) is 4.98 Å². The van der Waals surface area contributed by atoms with Crippen LogP contribution in [-0.2, 0) is 18.2 Å². The molecule has 2 rings (SSSR count).